The largest absolute Gasteiger partial charge is 0.444 e. The number of hydrogen-bond donors (Lipinski definition) is 3. The number of carbonyl (C=O) groups is 2. The standard InChI is InChI=1S/C14H27N7O3/c1-14(2,3)24-13(23)16-8-6-5-7-10(15)12(22)17-9-11-18-20-21(4)19-11/h10H,5-9,15H2,1-4H3,(H,16,23)(H,17,22)/t10-/m0/s1. The van der Waals surface area contributed by atoms with Crippen molar-refractivity contribution in [1.82, 2.24) is 30.8 Å². The molecule has 0 aromatic carbocycles. The zero-order valence-corrected chi connectivity index (χ0v) is 14.7. The van der Waals surface area contributed by atoms with Crippen LogP contribution in [0.4, 0.5) is 4.79 Å². The summed E-state index contributed by atoms with van der Waals surface area (Å²) in [4.78, 5) is 24.6. The molecular weight excluding hydrogens is 314 g/mol. The summed E-state index contributed by atoms with van der Waals surface area (Å²) in [6.07, 6.45) is 1.51. The molecule has 0 spiro atoms. The van der Waals surface area contributed by atoms with Crippen LogP contribution in [0.2, 0.25) is 0 Å². The van der Waals surface area contributed by atoms with E-state index in [9.17, 15) is 9.59 Å². The number of aryl methyl sites for hydroxylation is 1. The second-order valence-corrected chi connectivity index (χ2v) is 6.44. The minimum atomic E-state index is -0.608. The van der Waals surface area contributed by atoms with Crippen LogP contribution in [-0.2, 0) is 23.1 Å². The first-order valence-corrected chi connectivity index (χ1v) is 7.90. The second-order valence-electron chi connectivity index (χ2n) is 6.44. The summed E-state index contributed by atoms with van der Waals surface area (Å²) in [5, 5.41) is 16.7. The van der Waals surface area contributed by atoms with Gasteiger partial charge < -0.3 is 21.1 Å². The van der Waals surface area contributed by atoms with Gasteiger partial charge in [-0.2, -0.15) is 4.80 Å². The van der Waals surface area contributed by atoms with E-state index in [0.29, 0.717) is 31.6 Å². The lowest BCUT2D eigenvalue weighted by Gasteiger charge is -2.19. The van der Waals surface area contributed by atoms with Gasteiger partial charge in [-0.25, -0.2) is 4.79 Å². The zero-order valence-electron chi connectivity index (χ0n) is 14.7. The third-order valence-electron chi connectivity index (χ3n) is 2.92. The number of ether oxygens (including phenoxy) is 1. The number of nitrogens with one attached hydrogen (secondary N) is 2. The fourth-order valence-electron chi connectivity index (χ4n) is 1.82. The molecule has 0 aliphatic carbocycles. The lowest BCUT2D eigenvalue weighted by molar-refractivity contribution is -0.122. The van der Waals surface area contributed by atoms with E-state index in [4.69, 9.17) is 10.5 Å². The molecule has 4 N–H and O–H groups in total. The van der Waals surface area contributed by atoms with E-state index in [1.165, 1.54) is 4.80 Å². The molecule has 0 bridgehead atoms. The highest BCUT2D eigenvalue weighted by Gasteiger charge is 2.16. The number of tetrazole rings is 1. The van der Waals surface area contributed by atoms with Crippen molar-refractivity contribution < 1.29 is 14.3 Å². The van der Waals surface area contributed by atoms with Crippen LogP contribution in [0.5, 0.6) is 0 Å². The van der Waals surface area contributed by atoms with Gasteiger partial charge in [0.15, 0.2) is 5.82 Å². The van der Waals surface area contributed by atoms with E-state index < -0.39 is 17.7 Å². The molecular formula is C14H27N7O3. The Morgan fingerprint density at radius 1 is 1.29 bits per heavy atom. The van der Waals surface area contributed by atoms with Gasteiger partial charge in [0.05, 0.1) is 19.6 Å². The molecule has 1 heterocycles. The van der Waals surface area contributed by atoms with Crippen molar-refractivity contribution in [2.24, 2.45) is 12.8 Å². The number of nitrogens with zero attached hydrogens (tertiary/aromatic N) is 4. The van der Waals surface area contributed by atoms with Gasteiger partial charge in [-0.05, 0) is 45.2 Å². The highest BCUT2D eigenvalue weighted by Crippen LogP contribution is 2.06. The highest BCUT2D eigenvalue weighted by molar-refractivity contribution is 5.81. The van der Waals surface area contributed by atoms with Crippen molar-refractivity contribution in [1.29, 1.82) is 0 Å². The van der Waals surface area contributed by atoms with E-state index >= 15 is 0 Å². The van der Waals surface area contributed by atoms with Crippen LogP contribution in [0.3, 0.4) is 0 Å². The van der Waals surface area contributed by atoms with Crippen LogP contribution in [0, 0.1) is 0 Å². The molecule has 10 nitrogen and oxygen atoms in total. The van der Waals surface area contributed by atoms with Crippen LogP contribution in [-0.4, -0.2) is 50.4 Å². The Labute approximate surface area is 141 Å². The number of hydrogen-bond acceptors (Lipinski definition) is 7. The molecule has 0 aliphatic heterocycles. The van der Waals surface area contributed by atoms with Crippen molar-refractivity contribution >= 4 is 12.0 Å². The Kier molecular flexibility index (Phi) is 7.56. The van der Waals surface area contributed by atoms with Crippen molar-refractivity contribution in [3.63, 3.8) is 0 Å². The SMILES string of the molecule is Cn1nnc(CNC(=O)[C@@H](N)CCCCNC(=O)OC(C)(C)C)n1. The van der Waals surface area contributed by atoms with Gasteiger partial charge in [0.2, 0.25) is 5.91 Å². The third-order valence-corrected chi connectivity index (χ3v) is 2.92. The quantitative estimate of drug-likeness (QED) is 0.559. The van der Waals surface area contributed by atoms with Gasteiger partial charge in [-0.15, -0.1) is 10.2 Å². The third kappa shape index (κ3) is 8.42. The van der Waals surface area contributed by atoms with Crippen LogP contribution >= 0.6 is 0 Å². The average molecular weight is 341 g/mol. The van der Waals surface area contributed by atoms with Crippen molar-refractivity contribution in [2.45, 2.75) is 58.2 Å². The number of rotatable bonds is 8. The highest BCUT2D eigenvalue weighted by atomic mass is 16.6. The number of alkyl carbamates (subject to hydrolysis) is 1. The number of amides is 2. The van der Waals surface area contributed by atoms with Crippen molar-refractivity contribution in [3.05, 3.63) is 5.82 Å². The number of nitrogens with two attached hydrogens (primary N) is 1. The molecule has 0 unspecified atom stereocenters. The summed E-state index contributed by atoms with van der Waals surface area (Å²) in [6, 6.07) is -0.608. The number of carbonyl (C=O) groups excluding carboxylic acids is 2. The van der Waals surface area contributed by atoms with Crippen LogP contribution in [0.1, 0.15) is 45.9 Å². The summed E-state index contributed by atoms with van der Waals surface area (Å²) >= 11 is 0. The Morgan fingerprint density at radius 3 is 2.58 bits per heavy atom. The maximum Gasteiger partial charge on any atom is 0.407 e. The predicted octanol–water partition coefficient (Wildman–Crippen LogP) is -0.151. The maximum atomic E-state index is 11.8. The molecule has 10 heteroatoms. The van der Waals surface area contributed by atoms with Crippen LogP contribution < -0.4 is 16.4 Å². The Morgan fingerprint density at radius 2 is 2.00 bits per heavy atom. The maximum absolute atomic E-state index is 11.8. The van der Waals surface area contributed by atoms with Gasteiger partial charge in [0, 0.05) is 6.54 Å². The van der Waals surface area contributed by atoms with E-state index in [0.717, 1.165) is 0 Å². The van der Waals surface area contributed by atoms with E-state index in [1.54, 1.807) is 27.8 Å². The molecule has 0 radical (unpaired) electrons. The lowest BCUT2D eigenvalue weighted by Crippen LogP contribution is -2.40. The normalized spacial score (nSPS) is 12.5. The van der Waals surface area contributed by atoms with Gasteiger partial charge in [0.25, 0.3) is 0 Å². The van der Waals surface area contributed by atoms with E-state index in [1.807, 2.05) is 0 Å². The first kappa shape index (κ1) is 19.8. The topological polar surface area (TPSA) is 137 Å². The Bertz CT molecular complexity index is 539. The molecule has 1 rings (SSSR count). The molecule has 0 fully saturated rings. The molecule has 0 aliphatic rings. The molecule has 24 heavy (non-hydrogen) atoms. The predicted molar refractivity (Wildman–Crippen MR) is 86.7 cm³/mol. The van der Waals surface area contributed by atoms with Crippen LogP contribution in [0.25, 0.3) is 0 Å². The summed E-state index contributed by atoms with van der Waals surface area (Å²) < 4.78 is 5.12. The first-order chi connectivity index (χ1) is 11.2. The monoisotopic (exact) mass is 341 g/mol. The zero-order chi connectivity index (χ0) is 18.2. The number of aromatic nitrogens is 4. The summed E-state index contributed by atoms with van der Waals surface area (Å²) in [7, 11) is 1.65. The van der Waals surface area contributed by atoms with Gasteiger partial charge in [-0.1, -0.05) is 0 Å². The van der Waals surface area contributed by atoms with Crippen LogP contribution in [0.15, 0.2) is 0 Å². The molecule has 0 saturated carbocycles. The van der Waals surface area contributed by atoms with Crippen molar-refractivity contribution in [3.8, 4) is 0 Å². The summed E-state index contributed by atoms with van der Waals surface area (Å²) in [5.41, 5.74) is 5.31. The minimum Gasteiger partial charge on any atom is -0.444 e. The first-order valence-electron chi connectivity index (χ1n) is 7.90. The smallest absolute Gasteiger partial charge is 0.407 e. The number of unbranched alkanes of at least 4 members (excludes halogenated alkanes) is 1. The fourth-order valence-corrected chi connectivity index (χ4v) is 1.82. The summed E-state index contributed by atoms with van der Waals surface area (Å²) in [5.74, 6) is 0.169. The molecule has 1 aromatic rings. The molecule has 2 amide bonds. The van der Waals surface area contributed by atoms with E-state index in [-0.39, 0.29) is 12.5 Å². The molecule has 1 aromatic heterocycles. The minimum absolute atomic E-state index is 0.195. The van der Waals surface area contributed by atoms with Crippen molar-refractivity contribution in [2.75, 3.05) is 6.54 Å². The van der Waals surface area contributed by atoms with Gasteiger partial charge in [-0.3, -0.25) is 4.79 Å². The molecule has 0 saturated heterocycles. The van der Waals surface area contributed by atoms with Gasteiger partial charge >= 0.3 is 6.09 Å². The lowest BCUT2D eigenvalue weighted by atomic mass is 10.1. The summed E-state index contributed by atoms with van der Waals surface area (Å²) in [6.45, 7) is 6.09. The second kappa shape index (κ2) is 9.16. The Balaban J connectivity index is 2.11. The Hall–Kier alpha value is -2.23. The fraction of sp³-hybridized carbons (Fsp3) is 0.786. The molecule has 1 atom stereocenters. The molecule has 136 valence electrons. The average Bonchev–Trinajstić information content (AvgIpc) is 2.88. The van der Waals surface area contributed by atoms with Gasteiger partial charge in [0.1, 0.15) is 5.60 Å². The van der Waals surface area contributed by atoms with E-state index in [2.05, 4.69) is 26.0 Å².